The normalized spacial score (nSPS) is 12.0. The molecular weight excluding hydrogens is 440 g/mol. The fourth-order valence-electron chi connectivity index (χ4n) is 2.64. The Morgan fingerprint density at radius 1 is 1.16 bits per heavy atom. The number of amides is 1. The summed E-state index contributed by atoms with van der Waals surface area (Å²) in [6.45, 7) is 2.59. The Morgan fingerprint density at radius 2 is 1.81 bits per heavy atom. The first kappa shape index (κ1) is 24.8. The molecule has 0 bridgehead atoms. The highest BCUT2D eigenvalue weighted by Gasteiger charge is 2.23. The predicted octanol–water partition coefficient (Wildman–Crippen LogP) is 2.05. The Bertz CT molecular complexity index is 1100. The number of nitro groups is 1. The number of esters is 1. The number of carbonyl (C=O) groups is 2. The monoisotopic (exact) mass is 464 g/mol. The summed E-state index contributed by atoms with van der Waals surface area (Å²) in [6, 6.07) is 10.4. The molecule has 0 saturated carbocycles. The van der Waals surface area contributed by atoms with Gasteiger partial charge >= 0.3 is 5.97 Å². The molecule has 2 aromatic rings. The zero-order valence-electron chi connectivity index (χ0n) is 17.7. The summed E-state index contributed by atoms with van der Waals surface area (Å²) in [5, 5.41) is 16.3. The number of aryl methyl sites for hydroxylation is 1. The number of rotatable bonds is 10. The minimum absolute atomic E-state index is 0.137. The number of nitrogens with one attached hydrogen (secondary N) is 3. The highest BCUT2D eigenvalue weighted by atomic mass is 32.2. The van der Waals surface area contributed by atoms with Crippen LogP contribution >= 0.6 is 0 Å². The lowest BCUT2D eigenvalue weighted by Gasteiger charge is -2.14. The molecule has 0 saturated heterocycles. The third-order valence-electron chi connectivity index (χ3n) is 4.46. The van der Waals surface area contributed by atoms with Crippen molar-refractivity contribution in [3.63, 3.8) is 0 Å². The number of hydrogen-bond donors (Lipinski definition) is 3. The summed E-state index contributed by atoms with van der Waals surface area (Å²) in [4.78, 5) is 34.2. The smallest absolute Gasteiger partial charge is 0.321 e. The quantitative estimate of drug-likeness (QED) is 0.274. The van der Waals surface area contributed by atoms with Gasteiger partial charge in [-0.2, -0.15) is 4.72 Å². The first-order chi connectivity index (χ1) is 15.1. The van der Waals surface area contributed by atoms with Gasteiger partial charge < -0.3 is 15.4 Å². The van der Waals surface area contributed by atoms with Gasteiger partial charge in [0.25, 0.3) is 11.6 Å². The van der Waals surface area contributed by atoms with Crippen molar-refractivity contribution in [1.82, 2.24) is 4.72 Å². The predicted molar refractivity (Wildman–Crippen MR) is 118 cm³/mol. The molecule has 0 aliphatic carbocycles. The van der Waals surface area contributed by atoms with E-state index in [4.69, 9.17) is 4.74 Å². The van der Waals surface area contributed by atoms with Crippen LogP contribution < -0.4 is 15.4 Å². The number of nitro benzene ring substituents is 1. The maximum atomic E-state index is 12.4. The van der Waals surface area contributed by atoms with Gasteiger partial charge in [-0.3, -0.25) is 19.7 Å². The minimum atomic E-state index is -4.23. The lowest BCUT2D eigenvalue weighted by molar-refractivity contribution is -0.384. The largest absolute Gasteiger partial charge is 0.452 e. The summed E-state index contributed by atoms with van der Waals surface area (Å²) in [5.74, 6) is -1.57. The maximum Gasteiger partial charge on any atom is 0.321 e. The second-order valence-electron chi connectivity index (χ2n) is 6.68. The van der Waals surface area contributed by atoms with E-state index in [1.807, 2.05) is 23.8 Å². The van der Waals surface area contributed by atoms with Crippen LogP contribution in [0, 0.1) is 10.1 Å². The van der Waals surface area contributed by atoms with Gasteiger partial charge in [-0.1, -0.05) is 19.1 Å². The Kier molecular flexibility index (Phi) is 8.27. The van der Waals surface area contributed by atoms with Crippen molar-refractivity contribution in [2.24, 2.45) is 0 Å². The van der Waals surface area contributed by atoms with Crippen molar-refractivity contribution in [2.75, 3.05) is 24.2 Å². The van der Waals surface area contributed by atoms with Crippen LogP contribution in [0.4, 0.5) is 17.1 Å². The van der Waals surface area contributed by atoms with Gasteiger partial charge in [0.2, 0.25) is 10.0 Å². The van der Waals surface area contributed by atoms with E-state index in [1.165, 1.54) is 20.0 Å². The molecule has 0 spiro atoms. The molecule has 0 heterocycles. The van der Waals surface area contributed by atoms with Crippen molar-refractivity contribution >= 4 is 39.0 Å². The van der Waals surface area contributed by atoms with E-state index in [2.05, 4.69) is 10.6 Å². The third kappa shape index (κ3) is 6.49. The summed E-state index contributed by atoms with van der Waals surface area (Å²) in [7, 11) is -2.77. The van der Waals surface area contributed by atoms with E-state index in [9.17, 15) is 28.1 Å². The molecular formula is C20H24N4O7S. The highest BCUT2D eigenvalue weighted by Crippen LogP contribution is 2.27. The molecule has 32 heavy (non-hydrogen) atoms. The Hall–Kier alpha value is -3.51. The van der Waals surface area contributed by atoms with Crippen molar-refractivity contribution in [3.05, 3.63) is 58.1 Å². The van der Waals surface area contributed by atoms with Crippen molar-refractivity contribution < 1.29 is 27.7 Å². The number of ether oxygens (including phenoxy) is 1. The summed E-state index contributed by atoms with van der Waals surface area (Å²) >= 11 is 0. The fourth-order valence-corrected chi connectivity index (χ4v) is 3.63. The molecule has 0 radical (unpaired) electrons. The lowest BCUT2D eigenvalue weighted by atomic mass is 10.1. The second-order valence-corrected chi connectivity index (χ2v) is 8.45. The van der Waals surface area contributed by atoms with Crippen LogP contribution in [0.5, 0.6) is 0 Å². The third-order valence-corrected chi connectivity index (χ3v) is 5.86. The molecule has 0 aliphatic heterocycles. The van der Waals surface area contributed by atoms with Crippen molar-refractivity contribution in [1.29, 1.82) is 0 Å². The van der Waals surface area contributed by atoms with Crippen LogP contribution in [0.25, 0.3) is 0 Å². The molecule has 1 atom stereocenters. The van der Waals surface area contributed by atoms with Gasteiger partial charge in [0.1, 0.15) is 12.2 Å². The molecule has 12 heteroatoms. The highest BCUT2D eigenvalue weighted by molar-refractivity contribution is 7.89. The first-order valence-electron chi connectivity index (χ1n) is 9.62. The Labute approximate surface area is 185 Å². The number of hydrogen-bond acceptors (Lipinski definition) is 8. The average Bonchev–Trinajstić information content (AvgIpc) is 2.77. The van der Waals surface area contributed by atoms with Crippen LogP contribution in [0.1, 0.15) is 19.4 Å². The van der Waals surface area contributed by atoms with E-state index >= 15 is 0 Å². The SMILES string of the molecule is CCc1ccc(NC(=O)C(C)OC(=O)CNS(=O)(=O)c2ccc(NC)c([N+](=O)[O-])c2)cc1. The van der Waals surface area contributed by atoms with Crippen molar-refractivity contribution in [2.45, 2.75) is 31.3 Å². The fraction of sp³-hybridized carbons (Fsp3) is 0.300. The molecule has 1 unspecified atom stereocenters. The van der Waals surface area contributed by atoms with E-state index in [1.54, 1.807) is 12.1 Å². The number of carbonyl (C=O) groups excluding carboxylic acids is 2. The second kappa shape index (κ2) is 10.7. The first-order valence-corrected chi connectivity index (χ1v) is 11.1. The lowest BCUT2D eigenvalue weighted by Crippen LogP contribution is -2.35. The van der Waals surface area contributed by atoms with E-state index in [0.717, 1.165) is 24.1 Å². The van der Waals surface area contributed by atoms with Gasteiger partial charge in [-0.25, -0.2) is 8.42 Å². The Morgan fingerprint density at radius 3 is 2.38 bits per heavy atom. The molecule has 2 aromatic carbocycles. The van der Waals surface area contributed by atoms with Gasteiger partial charge in [0.15, 0.2) is 6.10 Å². The van der Waals surface area contributed by atoms with E-state index < -0.39 is 50.1 Å². The molecule has 0 fully saturated rings. The molecule has 11 nitrogen and oxygen atoms in total. The van der Waals surface area contributed by atoms with Crippen LogP contribution in [-0.4, -0.2) is 44.9 Å². The molecule has 0 aliphatic rings. The Balaban J connectivity index is 1.95. The molecule has 172 valence electrons. The number of sulfonamides is 1. The van der Waals surface area contributed by atoms with Gasteiger partial charge in [-0.05, 0) is 43.2 Å². The van der Waals surface area contributed by atoms with Gasteiger partial charge in [0.05, 0.1) is 9.82 Å². The van der Waals surface area contributed by atoms with Gasteiger partial charge in [-0.15, -0.1) is 0 Å². The van der Waals surface area contributed by atoms with E-state index in [-0.39, 0.29) is 5.69 Å². The number of benzene rings is 2. The zero-order chi connectivity index (χ0) is 23.9. The number of nitrogens with zero attached hydrogens (tertiary/aromatic N) is 1. The summed E-state index contributed by atoms with van der Waals surface area (Å²) in [6.07, 6.45) is -0.320. The zero-order valence-corrected chi connectivity index (χ0v) is 18.6. The van der Waals surface area contributed by atoms with Crippen LogP contribution in [0.2, 0.25) is 0 Å². The summed E-state index contributed by atoms with van der Waals surface area (Å²) in [5.41, 5.74) is 1.33. The minimum Gasteiger partial charge on any atom is -0.452 e. The van der Waals surface area contributed by atoms with Crippen LogP contribution in [0.3, 0.4) is 0 Å². The molecule has 2 rings (SSSR count). The maximum absolute atomic E-state index is 12.4. The van der Waals surface area contributed by atoms with Gasteiger partial charge in [0, 0.05) is 18.8 Å². The molecule has 3 N–H and O–H groups in total. The topological polar surface area (TPSA) is 157 Å². The number of anilines is 2. The molecule has 0 aromatic heterocycles. The van der Waals surface area contributed by atoms with Crippen LogP contribution in [-0.2, 0) is 30.8 Å². The van der Waals surface area contributed by atoms with Crippen LogP contribution in [0.15, 0.2) is 47.4 Å². The van der Waals surface area contributed by atoms with E-state index in [0.29, 0.717) is 5.69 Å². The average molecular weight is 465 g/mol. The van der Waals surface area contributed by atoms with Crippen molar-refractivity contribution in [3.8, 4) is 0 Å². The summed E-state index contributed by atoms with van der Waals surface area (Å²) < 4.78 is 31.7. The standard InChI is InChI=1S/C20H24N4O7S/c1-4-14-5-7-15(8-6-14)23-20(26)13(2)31-19(25)12-22-32(29,30)16-9-10-17(21-3)18(11-16)24(27)28/h5-11,13,21-22H,4,12H2,1-3H3,(H,23,26). The molecule has 1 amide bonds.